The number of nitrogens with two attached hydrogens (primary N) is 6. The molecule has 0 unspecified atom stereocenters. The number of Topliss-reactive ketones (excluding diaryl/α,β-unsaturated/α-hetero) is 1. The van der Waals surface area contributed by atoms with Crippen LogP contribution in [0.3, 0.4) is 0 Å². The minimum atomic E-state index is -2.08. The summed E-state index contributed by atoms with van der Waals surface area (Å²) >= 11 is 0. The molecular formula is C90H130N22O21S2. The van der Waals surface area contributed by atoms with Gasteiger partial charge >= 0.3 is 6.03 Å². The smallest absolute Gasteiger partial charge is 0.312 e. The topological polar surface area (TPSA) is 706 Å². The molecule has 1 aliphatic rings. The summed E-state index contributed by atoms with van der Waals surface area (Å²) in [6.07, 6.45) is -4.31. The average Bonchev–Trinajstić information content (AvgIpc) is 1.77. The molecule has 135 heavy (non-hydrogen) atoms. The number of nitrogens with one attached hydrogen (secondary N) is 16. The Morgan fingerprint density at radius 1 is 0.563 bits per heavy atom. The molecule has 19 amide bonds. The van der Waals surface area contributed by atoms with Gasteiger partial charge in [0.05, 0.1) is 30.9 Å². The Kier molecular flexibility index (Phi) is 42.7. The van der Waals surface area contributed by atoms with E-state index in [1.165, 1.54) is 55.4 Å². The minimum Gasteiger partial charge on any atom is -0.492 e. The number of para-hydroxylation sites is 1. The highest BCUT2D eigenvalue weighted by molar-refractivity contribution is 8.77. The molecule has 738 valence electrons. The molecule has 0 saturated carbocycles. The lowest BCUT2D eigenvalue weighted by Crippen LogP contribution is -2.65. The maximum absolute atomic E-state index is 16.3. The van der Waals surface area contributed by atoms with Crippen molar-refractivity contribution < 1.29 is 101 Å². The van der Waals surface area contributed by atoms with E-state index in [2.05, 4.69) is 84.7 Å². The number of aryl methyl sites for hydroxylation is 1. The van der Waals surface area contributed by atoms with Crippen LogP contribution in [0.2, 0.25) is 0 Å². The highest BCUT2D eigenvalue weighted by Crippen LogP contribution is 2.47. The first kappa shape index (κ1) is 111. The molecule has 1 saturated heterocycles. The number of carbonyl (C=O) groups excluding carboxylic acids is 19. The van der Waals surface area contributed by atoms with Crippen LogP contribution in [0.4, 0.5) is 4.79 Å². The van der Waals surface area contributed by atoms with Crippen LogP contribution in [0.15, 0.2) is 91.1 Å². The predicted molar refractivity (Wildman–Crippen MR) is 504 cm³/mol. The highest BCUT2D eigenvalue weighted by Gasteiger charge is 2.48. The van der Waals surface area contributed by atoms with Gasteiger partial charge in [-0.1, -0.05) is 94.4 Å². The van der Waals surface area contributed by atoms with Gasteiger partial charge < -0.3 is 129 Å². The summed E-state index contributed by atoms with van der Waals surface area (Å²) in [4.78, 5) is 272. The number of primary amides is 4. The second-order valence-electron chi connectivity index (χ2n) is 35.1. The molecule has 0 radical (unpaired) electrons. The van der Waals surface area contributed by atoms with Gasteiger partial charge in [0.1, 0.15) is 78.3 Å². The lowest BCUT2D eigenvalue weighted by atomic mass is 9.91. The first-order valence-corrected chi connectivity index (χ1v) is 46.4. The van der Waals surface area contributed by atoms with Gasteiger partial charge in [0.25, 0.3) is 0 Å². The van der Waals surface area contributed by atoms with Crippen molar-refractivity contribution in [1.82, 2.24) is 84.7 Å². The van der Waals surface area contributed by atoms with Crippen molar-refractivity contribution in [1.29, 1.82) is 0 Å². The molecule has 0 aliphatic carbocycles. The number of benzene rings is 4. The fourth-order valence-electron chi connectivity index (χ4n) is 14.6. The fraction of sp³-hybridized carbons (Fsp3) is 0.522. The summed E-state index contributed by atoms with van der Waals surface area (Å²) in [7, 11) is 1.75. The first-order chi connectivity index (χ1) is 63.5. The second-order valence-corrected chi connectivity index (χ2v) is 38.5. The summed E-state index contributed by atoms with van der Waals surface area (Å²) in [5.41, 5.74) is 32.5. The maximum atomic E-state index is 16.3. The predicted octanol–water partition coefficient (Wildman–Crippen LogP) is -2.45. The third-order valence-electron chi connectivity index (χ3n) is 22.2. The van der Waals surface area contributed by atoms with Crippen molar-refractivity contribution in [3.8, 4) is 5.75 Å². The van der Waals surface area contributed by atoms with Gasteiger partial charge in [-0.05, 0) is 165 Å². The summed E-state index contributed by atoms with van der Waals surface area (Å²) in [6, 6.07) is 5.18. The van der Waals surface area contributed by atoms with E-state index in [0.29, 0.717) is 38.7 Å². The standard InChI is InChI=1S/C90H130N22O21S2/c1-48-20-18-23-58-56(47-100-71(48)58)43-63-78(124)102-59(25-19-37-99-86(96)132)76(122)110-74(89(9,10)135-134-88(7,8)73(101-51(4)115)83(129)107-64(44-68(94)118)79(125)109-72(49(2)113)82(128)105-63)84(130)106-61(41-52-27-30-57(31-28-52)133-39-35-92)77(123)103-62(42-53-26-29-54-21-12-13-22-55(54)40-53)81(127)112-90(11,33-15-16-34-91)85(131)108-60(24-14-17-36-97-50(3)114)75(121)104-65(45-69(95)119)80(126)111-87(5,6)66(116)46-70(120)98-38-32-67(93)117/h12-13,18,20-23,26-31,40,47,49,59-65,72-74,100,113H,14-17,19,24-25,32-39,41-46,91-92H2,1-11H3,(H2,93,117)(H2,94,118)(H2,95,119)(H,97,114)(H,98,120)(H,101,115)(H,102,124)(H,103,123)(H,104,121)(H,105,128)(H,106,130)(H,107,129)(H,108,131)(H,109,125)(H,110,122)(H,111,126)(H,112,127)(H3,96,99,132)/t49-,59+,60+,61+,62+,63+,64+,65+,72+,73-,74-,90+/m1/s1. The Labute approximate surface area is 789 Å². The molecule has 45 heteroatoms. The number of fused-ring (bicyclic) bond motifs is 2. The van der Waals surface area contributed by atoms with Crippen molar-refractivity contribution in [2.75, 3.05) is 39.3 Å². The Morgan fingerprint density at radius 2 is 1.17 bits per heavy atom. The maximum Gasteiger partial charge on any atom is 0.312 e. The number of aliphatic hydroxyl groups is 1. The number of amides is 19. The third-order valence-corrected chi connectivity index (χ3v) is 26.4. The van der Waals surface area contributed by atoms with Gasteiger partial charge in [0.2, 0.25) is 100 Å². The number of H-pyrrole nitrogens is 1. The molecule has 1 fully saturated rings. The average molecular weight is 1920 g/mol. The Bertz CT molecular complexity index is 5110. The summed E-state index contributed by atoms with van der Waals surface area (Å²) in [6.45, 7) is 15.2. The van der Waals surface area contributed by atoms with E-state index in [1.54, 1.807) is 79.0 Å². The van der Waals surface area contributed by atoms with Crippen molar-refractivity contribution >= 4 is 155 Å². The molecule has 4 aromatic carbocycles. The minimum absolute atomic E-state index is 0.0879. The number of aromatic nitrogens is 1. The normalized spacial score (nSPS) is 18.8. The van der Waals surface area contributed by atoms with Crippen LogP contribution in [0.5, 0.6) is 5.75 Å². The first-order valence-electron chi connectivity index (χ1n) is 44.2. The highest BCUT2D eigenvalue weighted by atomic mass is 33.1. The van der Waals surface area contributed by atoms with E-state index >= 15 is 28.8 Å². The van der Waals surface area contributed by atoms with Gasteiger partial charge in [-0.3, -0.25) is 86.3 Å². The van der Waals surface area contributed by atoms with Crippen LogP contribution in [-0.2, 0) is 106 Å². The number of ketones is 1. The molecule has 29 N–H and O–H groups in total. The van der Waals surface area contributed by atoms with Crippen molar-refractivity contribution in [2.24, 2.45) is 34.4 Å². The lowest BCUT2D eigenvalue weighted by molar-refractivity contribution is -0.139. The summed E-state index contributed by atoms with van der Waals surface area (Å²) in [5, 5.41) is 52.5. The van der Waals surface area contributed by atoms with Gasteiger partial charge in [0.15, 0.2) is 5.78 Å². The molecule has 2 heterocycles. The van der Waals surface area contributed by atoms with Gasteiger partial charge in [-0.2, -0.15) is 0 Å². The van der Waals surface area contributed by atoms with Gasteiger partial charge in [-0.15, -0.1) is 0 Å². The molecular weight excluding hydrogens is 1790 g/mol. The second kappa shape index (κ2) is 52.0. The number of hydrogen-bond acceptors (Lipinski definition) is 25. The van der Waals surface area contributed by atoms with Crippen molar-refractivity contribution in [3.05, 3.63) is 113 Å². The quantitative estimate of drug-likeness (QED) is 0.0109. The van der Waals surface area contributed by atoms with Crippen molar-refractivity contribution in [3.63, 3.8) is 0 Å². The van der Waals surface area contributed by atoms with Crippen LogP contribution in [0.1, 0.15) is 169 Å². The van der Waals surface area contributed by atoms with E-state index in [1.807, 2.05) is 19.1 Å². The largest absolute Gasteiger partial charge is 0.492 e. The molecule has 43 nitrogen and oxygen atoms in total. The zero-order valence-corrected chi connectivity index (χ0v) is 79.4. The molecule has 1 aliphatic heterocycles. The van der Waals surface area contributed by atoms with Crippen LogP contribution in [0, 0.1) is 6.92 Å². The molecule has 0 spiro atoms. The van der Waals surface area contributed by atoms with Crippen LogP contribution in [0.25, 0.3) is 21.7 Å². The van der Waals surface area contributed by atoms with Crippen LogP contribution in [-0.4, -0.2) is 249 Å². The molecule has 6 rings (SSSR count). The summed E-state index contributed by atoms with van der Waals surface area (Å²) in [5.74, 6) is -17.5. The zero-order chi connectivity index (χ0) is 100. The number of carbonyl (C=O) groups is 19. The number of hydrogen-bond donors (Lipinski definition) is 23. The molecule has 1 aromatic heterocycles. The van der Waals surface area contributed by atoms with Crippen LogP contribution < -0.4 is 119 Å². The monoisotopic (exact) mass is 1920 g/mol. The number of rotatable bonds is 46. The Balaban J connectivity index is 1.52. The van der Waals surface area contributed by atoms with Gasteiger partial charge in [0, 0.05) is 92.3 Å². The number of aromatic amines is 1. The zero-order valence-electron chi connectivity index (χ0n) is 77.8. The van der Waals surface area contributed by atoms with E-state index < -0.39 is 219 Å². The molecule has 0 bridgehead atoms. The van der Waals surface area contributed by atoms with E-state index in [-0.39, 0.29) is 116 Å². The number of unbranched alkanes of at least 4 members (excludes halogenated alkanes) is 2. The van der Waals surface area contributed by atoms with Gasteiger partial charge in [-0.25, -0.2) is 4.79 Å². The molecule has 12 atom stereocenters. The Hall–Kier alpha value is -13.0. The van der Waals surface area contributed by atoms with E-state index in [4.69, 9.17) is 39.1 Å². The van der Waals surface area contributed by atoms with Crippen LogP contribution >= 0.6 is 21.6 Å². The number of aliphatic hydroxyl groups excluding tert-OH is 1. The van der Waals surface area contributed by atoms with E-state index in [9.17, 15) is 67.4 Å². The lowest BCUT2D eigenvalue weighted by Gasteiger charge is -2.39. The van der Waals surface area contributed by atoms with E-state index in [0.717, 1.165) is 46.4 Å². The number of urea groups is 1. The Morgan fingerprint density at radius 3 is 1.81 bits per heavy atom. The fourth-order valence-corrected chi connectivity index (χ4v) is 17.4. The SMILES string of the molecule is CC(=O)NCCCC[C@H](NC(=O)[C@](C)(CCCCN)NC(=O)[C@H](Cc1ccc2ccccc2c1)NC(=O)[C@H](Cc1ccc(OCCN)cc1)NC(=O)[C@H]1NC(=O)[C@H](CCCNC(N)=O)NC(=O)[C@H](Cc2c[nH]c3c(C)cccc23)NC(=O)[C@H]([C@@H](C)O)NC(=O)[C@H](CC(N)=O)NC(=O)[C@@H](NC(C)=O)C(C)(C)SSC1(C)C)C(=O)N[C@@H](CC(N)=O)C(=O)NC(C)(C)C(=O)CC(=O)NCCC(N)=O. The van der Waals surface area contributed by atoms with Crippen molar-refractivity contribution in [2.45, 2.75) is 260 Å². The number of ether oxygens (including phenoxy) is 1. The molecule has 5 aromatic rings. The summed E-state index contributed by atoms with van der Waals surface area (Å²) < 4.78 is 2.49. The third kappa shape index (κ3) is 35.4.